The Morgan fingerprint density at radius 1 is 0.933 bits per heavy atom. The Labute approximate surface area is 178 Å². The van der Waals surface area contributed by atoms with Gasteiger partial charge in [-0.15, -0.1) is 0 Å². The predicted octanol–water partition coefficient (Wildman–Crippen LogP) is 5.10. The summed E-state index contributed by atoms with van der Waals surface area (Å²) >= 11 is 5.97. The van der Waals surface area contributed by atoms with E-state index in [1.54, 1.807) is 43.3 Å². The van der Waals surface area contributed by atoms with Crippen molar-refractivity contribution < 1.29 is 14.4 Å². The van der Waals surface area contributed by atoms with Crippen molar-refractivity contribution in [2.75, 3.05) is 10.2 Å². The number of imide groups is 1. The molecule has 0 bridgehead atoms. The average molecular weight is 417 g/mol. The van der Waals surface area contributed by atoms with E-state index in [4.69, 9.17) is 11.6 Å². The summed E-state index contributed by atoms with van der Waals surface area (Å²) in [5.74, 6) is -1.08. The van der Waals surface area contributed by atoms with E-state index in [1.807, 2.05) is 30.3 Å². The number of benzene rings is 3. The summed E-state index contributed by atoms with van der Waals surface area (Å²) in [6.45, 7) is 1.78. The molecule has 3 amide bonds. The van der Waals surface area contributed by atoms with Gasteiger partial charge in [-0.1, -0.05) is 41.9 Å². The number of rotatable bonds is 4. The molecule has 148 valence electrons. The fraction of sp³-hybridized carbons (Fsp3) is 0.0417. The van der Waals surface area contributed by atoms with Crippen LogP contribution in [0.4, 0.5) is 11.4 Å². The second kappa shape index (κ2) is 7.97. The number of aryl methyl sites for hydroxylation is 1. The van der Waals surface area contributed by atoms with E-state index in [0.717, 1.165) is 10.5 Å². The Morgan fingerprint density at radius 3 is 2.40 bits per heavy atom. The maximum absolute atomic E-state index is 12.8. The molecule has 0 spiro atoms. The van der Waals surface area contributed by atoms with Crippen LogP contribution in [0.1, 0.15) is 31.8 Å². The van der Waals surface area contributed by atoms with Crippen LogP contribution in [0.25, 0.3) is 6.08 Å². The van der Waals surface area contributed by atoms with Gasteiger partial charge < -0.3 is 5.32 Å². The first-order valence-corrected chi connectivity index (χ1v) is 9.65. The van der Waals surface area contributed by atoms with Crippen molar-refractivity contribution >= 4 is 46.8 Å². The smallest absolute Gasteiger partial charge is 0.266 e. The number of hydrogen-bond acceptors (Lipinski definition) is 3. The Bertz CT molecular complexity index is 1200. The van der Waals surface area contributed by atoms with E-state index in [-0.39, 0.29) is 11.5 Å². The average Bonchev–Trinajstić information content (AvgIpc) is 2.97. The Kier molecular flexibility index (Phi) is 5.21. The largest absolute Gasteiger partial charge is 0.323 e. The van der Waals surface area contributed by atoms with E-state index in [9.17, 15) is 14.4 Å². The van der Waals surface area contributed by atoms with E-state index >= 15 is 0 Å². The van der Waals surface area contributed by atoms with Gasteiger partial charge in [0.05, 0.1) is 16.8 Å². The zero-order valence-corrected chi connectivity index (χ0v) is 16.8. The Morgan fingerprint density at radius 2 is 1.67 bits per heavy atom. The SMILES string of the molecule is Cc1cc(NC(=O)/C=C/c2ccccc2)ccc1N1C(=O)c2ccc(Cl)cc2C1=O. The minimum Gasteiger partial charge on any atom is -0.323 e. The molecule has 0 fully saturated rings. The van der Waals surface area contributed by atoms with Gasteiger partial charge in [0.1, 0.15) is 0 Å². The van der Waals surface area contributed by atoms with Gasteiger partial charge in [0.15, 0.2) is 0 Å². The van der Waals surface area contributed by atoms with Crippen LogP contribution in [-0.4, -0.2) is 17.7 Å². The maximum Gasteiger partial charge on any atom is 0.266 e. The summed E-state index contributed by atoms with van der Waals surface area (Å²) in [7, 11) is 0. The third-order valence-electron chi connectivity index (χ3n) is 4.78. The summed E-state index contributed by atoms with van der Waals surface area (Å²) in [4.78, 5) is 38.8. The summed E-state index contributed by atoms with van der Waals surface area (Å²) in [6.07, 6.45) is 3.17. The molecule has 0 unspecified atom stereocenters. The van der Waals surface area contributed by atoms with Gasteiger partial charge in [0, 0.05) is 16.8 Å². The lowest BCUT2D eigenvalue weighted by Gasteiger charge is -2.17. The zero-order valence-electron chi connectivity index (χ0n) is 16.1. The molecule has 0 saturated heterocycles. The predicted molar refractivity (Wildman–Crippen MR) is 118 cm³/mol. The van der Waals surface area contributed by atoms with Gasteiger partial charge in [-0.25, -0.2) is 4.90 Å². The molecule has 4 rings (SSSR count). The van der Waals surface area contributed by atoms with Crippen LogP contribution < -0.4 is 10.2 Å². The molecule has 0 aromatic heterocycles. The molecule has 0 aliphatic carbocycles. The topological polar surface area (TPSA) is 66.5 Å². The van der Waals surface area contributed by atoms with Gasteiger partial charge in [0.25, 0.3) is 11.8 Å². The fourth-order valence-electron chi connectivity index (χ4n) is 3.34. The van der Waals surface area contributed by atoms with Gasteiger partial charge in [0.2, 0.25) is 5.91 Å². The quantitative estimate of drug-likeness (QED) is 0.475. The summed E-state index contributed by atoms with van der Waals surface area (Å²) in [5.41, 5.74) is 3.25. The summed E-state index contributed by atoms with van der Waals surface area (Å²) in [6, 6.07) is 19.2. The molecular formula is C24H17ClN2O3. The number of carbonyl (C=O) groups is 3. The molecule has 0 radical (unpaired) electrons. The molecule has 0 saturated carbocycles. The number of anilines is 2. The standard InChI is InChI=1S/C24H17ClN2O3/c1-15-13-18(26-22(28)12-7-16-5-3-2-4-6-16)9-11-21(15)27-23(29)19-10-8-17(25)14-20(19)24(27)30/h2-14H,1H3,(H,26,28)/b12-7+. The zero-order chi connectivity index (χ0) is 21.3. The molecule has 5 nitrogen and oxygen atoms in total. The molecule has 0 atom stereocenters. The highest BCUT2D eigenvalue weighted by Gasteiger charge is 2.37. The number of nitrogens with one attached hydrogen (secondary N) is 1. The van der Waals surface area contributed by atoms with Crippen molar-refractivity contribution in [3.8, 4) is 0 Å². The number of amides is 3. The minimum atomic E-state index is -0.414. The molecule has 1 aliphatic rings. The molecule has 3 aromatic rings. The van der Waals surface area contributed by atoms with Crippen LogP contribution in [0.5, 0.6) is 0 Å². The van der Waals surface area contributed by atoms with Gasteiger partial charge in [-0.3, -0.25) is 14.4 Å². The van der Waals surface area contributed by atoms with Crippen LogP contribution in [0.3, 0.4) is 0 Å². The first kappa shape index (κ1) is 19.6. The van der Waals surface area contributed by atoms with Crippen LogP contribution in [-0.2, 0) is 4.79 Å². The Balaban J connectivity index is 1.53. The molecule has 6 heteroatoms. The van der Waals surface area contributed by atoms with Crippen molar-refractivity contribution in [3.05, 3.63) is 100 Å². The number of fused-ring (bicyclic) bond motifs is 1. The van der Waals surface area contributed by atoms with E-state index < -0.39 is 11.8 Å². The van der Waals surface area contributed by atoms with E-state index in [0.29, 0.717) is 27.5 Å². The highest BCUT2D eigenvalue weighted by Crippen LogP contribution is 2.33. The second-order valence-electron chi connectivity index (χ2n) is 6.87. The lowest BCUT2D eigenvalue weighted by Crippen LogP contribution is -2.30. The van der Waals surface area contributed by atoms with Crippen molar-refractivity contribution in [2.45, 2.75) is 6.92 Å². The van der Waals surface area contributed by atoms with Crippen LogP contribution in [0.2, 0.25) is 5.02 Å². The first-order valence-electron chi connectivity index (χ1n) is 9.27. The molecule has 30 heavy (non-hydrogen) atoms. The van der Waals surface area contributed by atoms with Crippen molar-refractivity contribution in [1.82, 2.24) is 0 Å². The monoisotopic (exact) mass is 416 g/mol. The van der Waals surface area contributed by atoms with E-state index in [1.165, 1.54) is 12.1 Å². The first-order chi connectivity index (χ1) is 14.4. The molecule has 3 aromatic carbocycles. The lowest BCUT2D eigenvalue weighted by molar-refractivity contribution is -0.111. The number of halogens is 1. The summed E-state index contributed by atoms with van der Waals surface area (Å²) in [5, 5.41) is 3.18. The van der Waals surface area contributed by atoms with Gasteiger partial charge in [-0.2, -0.15) is 0 Å². The fourth-order valence-corrected chi connectivity index (χ4v) is 3.51. The van der Waals surface area contributed by atoms with Gasteiger partial charge >= 0.3 is 0 Å². The highest BCUT2D eigenvalue weighted by molar-refractivity contribution is 6.37. The van der Waals surface area contributed by atoms with Gasteiger partial charge in [-0.05, 0) is 60.5 Å². The summed E-state index contributed by atoms with van der Waals surface area (Å²) < 4.78 is 0. The number of nitrogens with zero attached hydrogens (tertiary/aromatic N) is 1. The molecule has 1 heterocycles. The van der Waals surface area contributed by atoms with Crippen molar-refractivity contribution in [3.63, 3.8) is 0 Å². The Hall–Kier alpha value is -3.70. The molecular weight excluding hydrogens is 400 g/mol. The normalized spacial score (nSPS) is 13.1. The molecule has 1 aliphatic heterocycles. The highest BCUT2D eigenvalue weighted by atomic mass is 35.5. The van der Waals surface area contributed by atoms with Crippen molar-refractivity contribution in [1.29, 1.82) is 0 Å². The maximum atomic E-state index is 12.8. The third-order valence-corrected chi connectivity index (χ3v) is 5.02. The van der Waals surface area contributed by atoms with Crippen LogP contribution in [0, 0.1) is 6.92 Å². The van der Waals surface area contributed by atoms with Crippen LogP contribution >= 0.6 is 11.6 Å². The lowest BCUT2D eigenvalue weighted by atomic mass is 10.1. The van der Waals surface area contributed by atoms with Crippen molar-refractivity contribution in [2.24, 2.45) is 0 Å². The number of hydrogen-bond donors (Lipinski definition) is 1. The third kappa shape index (κ3) is 3.75. The molecule has 1 N–H and O–H groups in total. The van der Waals surface area contributed by atoms with E-state index in [2.05, 4.69) is 5.32 Å². The minimum absolute atomic E-state index is 0.277. The van der Waals surface area contributed by atoms with Crippen LogP contribution in [0.15, 0.2) is 72.8 Å². The second-order valence-corrected chi connectivity index (χ2v) is 7.31. The number of carbonyl (C=O) groups excluding carboxylic acids is 3.